The van der Waals surface area contributed by atoms with Crippen molar-refractivity contribution in [2.75, 3.05) is 30.8 Å². The smallest absolute Gasteiger partial charge is 0.224 e. The van der Waals surface area contributed by atoms with E-state index in [-0.39, 0.29) is 0 Å². The zero-order valence-corrected chi connectivity index (χ0v) is 12.8. The number of methoxy groups -OCH3 is 1. The number of hydrogen-bond donors (Lipinski definition) is 2. The number of hydrogen-bond acceptors (Lipinski definition) is 5. The average molecular weight is 286 g/mol. The Bertz CT molecular complexity index is 586. The van der Waals surface area contributed by atoms with Crippen molar-refractivity contribution in [3.63, 3.8) is 0 Å². The summed E-state index contributed by atoms with van der Waals surface area (Å²) >= 11 is 0. The number of nitrogens with one attached hydrogen (secondary N) is 2. The number of anilines is 2. The van der Waals surface area contributed by atoms with E-state index in [9.17, 15) is 0 Å². The Morgan fingerprint density at radius 1 is 1.14 bits per heavy atom. The Kier molecular flexibility index (Phi) is 5.37. The van der Waals surface area contributed by atoms with Crippen molar-refractivity contribution in [1.29, 1.82) is 0 Å². The molecular weight excluding hydrogens is 264 g/mol. The molecule has 5 nitrogen and oxygen atoms in total. The van der Waals surface area contributed by atoms with Crippen LogP contribution in [0.2, 0.25) is 0 Å². The van der Waals surface area contributed by atoms with Gasteiger partial charge in [-0.3, -0.25) is 0 Å². The first kappa shape index (κ1) is 15.1. The molecule has 0 amide bonds. The first-order valence-electron chi connectivity index (χ1n) is 7.18. The predicted octanol–water partition coefficient (Wildman–Crippen LogP) is 2.88. The molecule has 0 spiro atoms. The third-order valence-corrected chi connectivity index (χ3v) is 3.08. The molecule has 0 saturated carbocycles. The molecule has 21 heavy (non-hydrogen) atoms. The molecular formula is C16H22N4O. The lowest BCUT2D eigenvalue weighted by Gasteiger charge is -2.11. The number of aromatic nitrogens is 2. The van der Waals surface area contributed by atoms with Crippen LogP contribution in [-0.4, -0.2) is 30.2 Å². The van der Waals surface area contributed by atoms with Gasteiger partial charge in [0.15, 0.2) is 0 Å². The summed E-state index contributed by atoms with van der Waals surface area (Å²) in [6.45, 7) is 5.60. The SMILES string of the molecule is CCNc1nc(C)cc(NCCc2ccccc2OC)n1. The third-order valence-electron chi connectivity index (χ3n) is 3.08. The fourth-order valence-corrected chi connectivity index (χ4v) is 2.13. The topological polar surface area (TPSA) is 59.1 Å². The molecule has 2 aromatic rings. The van der Waals surface area contributed by atoms with Crippen molar-refractivity contribution in [1.82, 2.24) is 9.97 Å². The van der Waals surface area contributed by atoms with Gasteiger partial charge in [0.25, 0.3) is 0 Å². The summed E-state index contributed by atoms with van der Waals surface area (Å²) in [5.41, 5.74) is 2.13. The van der Waals surface area contributed by atoms with Gasteiger partial charge in [-0.05, 0) is 31.9 Å². The van der Waals surface area contributed by atoms with Crippen LogP contribution in [0, 0.1) is 6.92 Å². The van der Waals surface area contributed by atoms with Gasteiger partial charge in [-0.15, -0.1) is 0 Å². The van der Waals surface area contributed by atoms with Gasteiger partial charge in [0, 0.05) is 24.8 Å². The van der Waals surface area contributed by atoms with E-state index in [1.807, 2.05) is 38.1 Å². The van der Waals surface area contributed by atoms with Crippen LogP contribution >= 0.6 is 0 Å². The number of nitrogens with zero attached hydrogens (tertiary/aromatic N) is 2. The van der Waals surface area contributed by atoms with Crippen LogP contribution in [0.1, 0.15) is 18.2 Å². The predicted molar refractivity (Wildman–Crippen MR) is 86.1 cm³/mol. The van der Waals surface area contributed by atoms with Crippen molar-refractivity contribution in [2.45, 2.75) is 20.3 Å². The summed E-state index contributed by atoms with van der Waals surface area (Å²) in [5.74, 6) is 2.43. The zero-order valence-electron chi connectivity index (χ0n) is 12.8. The fourth-order valence-electron chi connectivity index (χ4n) is 2.13. The molecule has 0 aliphatic carbocycles. The van der Waals surface area contributed by atoms with Crippen molar-refractivity contribution in [3.8, 4) is 5.75 Å². The second-order valence-corrected chi connectivity index (χ2v) is 4.74. The van der Waals surface area contributed by atoms with Gasteiger partial charge in [-0.2, -0.15) is 4.98 Å². The molecule has 1 aromatic carbocycles. The molecule has 0 aliphatic rings. The molecule has 0 atom stereocenters. The molecule has 0 saturated heterocycles. The highest BCUT2D eigenvalue weighted by Gasteiger charge is 2.03. The molecule has 0 fully saturated rings. The van der Waals surface area contributed by atoms with E-state index in [2.05, 4.69) is 26.7 Å². The molecule has 1 heterocycles. The maximum Gasteiger partial charge on any atom is 0.224 e. The maximum atomic E-state index is 5.35. The summed E-state index contributed by atoms with van der Waals surface area (Å²) in [7, 11) is 1.70. The maximum absolute atomic E-state index is 5.35. The lowest BCUT2D eigenvalue weighted by molar-refractivity contribution is 0.410. The van der Waals surface area contributed by atoms with Crippen LogP contribution < -0.4 is 15.4 Å². The van der Waals surface area contributed by atoms with E-state index in [1.165, 1.54) is 5.56 Å². The molecule has 2 N–H and O–H groups in total. The standard InChI is InChI=1S/C16H22N4O/c1-4-17-16-19-12(2)11-15(20-16)18-10-9-13-7-5-6-8-14(13)21-3/h5-8,11H,4,9-10H2,1-3H3,(H2,17,18,19,20). The van der Waals surface area contributed by atoms with E-state index >= 15 is 0 Å². The monoisotopic (exact) mass is 286 g/mol. The van der Waals surface area contributed by atoms with Gasteiger partial charge >= 0.3 is 0 Å². The Balaban J connectivity index is 1.97. The quantitative estimate of drug-likeness (QED) is 0.819. The van der Waals surface area contributed by atoms with Gasteiger partial charge in [-0.1, -0.05) is 18.2 Å². The lowest BCUT2D eigenvalue weighted by atomic mass is 10.1. The normalized spacial score (nSPS) is 10.2. The van der Waals surface area contributed by atoms with Crippen molar-refractivity contribution >= 4 is 11.8 Å². The molecule has 0 aliphatic heterocycles. The second kappa shape index (κ2) is 7.47. The Hall–Kier alpha value is -2.30. The number of para-hydroxylation sites is 1. The minimum atomic E-state index is 0.664. The summed E-state index contributed by atoms with van der Waals surface area (Å²) in [6, 6.07) is 10.0. The molecule has 5 heteroatoms. The van der Waals surface area contributed by atoms with Crippen LogP contribution in [-0.2, 0) is 6.42 Å². The molecule has 1 aromatic heterocycles. The summed E-state index contributed by atoms with van der Waals surface area (Å²) in [4.78, 5) is 8.77. The van der Waals surface area contributed by atoms with Gasteiger partial charge in [0.1, 0.15) is 11.6 Å². The number of benzene rings is 1. The average Bonchev–Trinajstić information content (AvgIpc) is 2.47. The molecule has 0 radical (unpaired) electrons. The highest BCUT2D eigenvalue weighted by Crippen LogP contribution is 2.18. The third kappa shape index (κ3) is 4.34. The van der Waals surface area contributed by atoms with E-state index in [4.69, 9.17) is 4.74 Å². The van der Waals surface area contributed by atoms with Gasteiger partial charge in [-0.25, -0.2) is 4.98 Å². The minimum absolute atomic E-state index is 0.664. The van der Waals surface area contributed by atoms with Crippen LogP contribution in [0.15, 0.2) is 30.3 Å². The zero-order chi connectivity index (χ0) is 15.1. The van der Waals surface area contributed by atoms with E-state index < -0.39 is 0 Å². The van der Waals surface area contributed by atoms with Gasteiger partial charge < -0.3 is 15.4 Å². The summed E-state index contributed by atoms with van der Waals surface area (Å²) in [6.07, 6.45) is 0.879. The first-order valence-corrected chi connectivity index (χ1v) is 7.18. The largest absolute Gasteiger partial charge is 0.496 e. The van der Waals surface area contributed by atoms with Crippen LogP contribution in [0.5, 0.6) is 5.75 Å². The van der Waals surface area contributed by atoms with Crippen molar-refractivity contribution in [2.24, 2.45) is 0 Å². The molecule has 0 unspecified atom stereocenters. The Labute approximate surface area is 125 Å². The first-order chi connectivity index (χ1) is 10.2. The van der Waals surface area contributed by atoms with E-state index in [1.54, 1.807) is 7.11 Å². The summed E-state index contributed by atoms with van der Waals surface area (Å²) in [5, 5.41) is 6.47. The van der Waals surface area contributed by atoms with Crippen LogP contribution in [0.25, 0.3) is 0 Å². The highest BCUT2D eigenvalue weighted by atomic mass is 16.5. The van der Waals surface area contributed by atoms with Gasteiger partial charge in [0.05, 0.1) is 7.11 Å². The molecule has 112 valence electrons. The van der Waals surface area contributed by atoms with E-state index in [0.717, 1.165) is 36.8 Å². The second-order valence-electron chi connectivity index (χ2n) is 4.74. The highest BCUT2D eigenvalue weighted by molar-refractivity contribution is 5.42. The number of aryl methyl sites for hydroxylation is 1. The molecule has 0 bridgehead atoms. The number of rotatable bonds is 7. The van der Waals surface area contributed by atoms with Crippen LogP contribution in [0.4, 0.5) is 11.8 Å². The van der Waals surface area contributed by atoms with Crippen molar-refractivity contribution < 1.29 is 4.74 Å². The summed E-state index contributed by atoms with van der Waals surface area (Å²) < 4.78 is 5.35. The number of ether oxygens (including phenoxy) is 1. The Morgan fingerprint density at radius 3 is 2.71 bits per heavy atom. The fraction of sp³-hybridized carbons (Fsp3) is 0.375. The van der Waals surface area contributed by atoms with Crippen LogP contribution in [0.3, 0.4) is 0 Å². The lowest BCUT2D eigenvalue weighted by Crippen LogP contribution is -2.10. The minimum Gasteiger partial charge on any atom is -0.496 e. The Morgan fingerprint density at radius 2 is 1.95 bits per heavy atom. The van der Waals surface area contributed by atoms with Gasteiger partial charge in [0.2, 0.25) is 5.95 Å². The van der Waals surface area contributed by atoms with E-state index in [0.29, 0.717) is 5.95 Å². The van der Waals surface area contributed by atoms with Crippen molar-refractivity contribution in [3.05, 3.63) is 41.6 Å². The molecule has 2 rings (SSSR count).